The topological polar surface area (TPSA) is 78.9 Å². The minimum Gasteiger partial charge on any atom is -0.486 e. The summed E-state index contributed by atoms with van der Waals surface area (Å²) in [7, 11) is 1.82. The summed E-state index contributed by atoms with van der Waals surface area (Å²) in [5, 5.41) is 4.88. The molecule has 3 aromatic rings. The number of aryl methyl sites for hydroxylation is 2. The maximum absolute atomic E-state index is 5.90. The summed E-state index contributed by atoms with van der Waals surface area (Å²) >= 11 is 0. The molecule has 2 aromatic heterocycles. The van der Waals surface area contributed by atoms with Crippen LogP contribution in [0.15, 0.2) is 30.5 Å². The monoisotopic (exact) mass is 269 g/mol. The lowest BCUT2D eigenvalue weighted by Gasteiger charge is -2.06. The third-order valence-corrected chi connectivity index (χ3v) is 3.06. The number of aromatic nitrogens is 4. The number of anilines is 1. The van der Waals surface area contributed by atoms with Crippen molar-refractivity contribution < 1.29 is 4.74 Å². The van der Waals surface area contributed by atoms with Gasteiger partial charge in [0.2, 0.25) is 0 Å². The number of nitrogen functional groups attached to an aromatic ring is 1. The first kappa shape index (κ1) is 12.4. The van der Waals surface area contributed by atoms with E-state index < -0.39 is 0 Å². The van der Waals surface area contributed by atoms with Crippen molar-refractivity contribution in [1.29, 1.82) is 0 Å². The first-order valence-corrected chi connectivity index (χ1v) is 6.27. The predicted molar refractivity (Wildman–Crippen MR) is 76.2 cm³/mol. The number of benzene rings is 1. The summed E-state index contributed by atoms with van der Waals surface area (Å²) in [6, 6.07) is 7.83. The first-order valence-electron chi connectivity index (χ1n) is 6.27. The van der Waals surface area contributed by atoms with E-state index in [2.05, 4.69) is 15.1 Å². The number of rotatable bonds is 3. The second-order valence-electron chi connectivity index (χ2n) is 4.63. The lowest BCUT2D eigenvalue weighted by molar-refractivity contribution is 0.296. The standard InChI is InChI=1S/C14H15N5O/c1-9-3-5-10(6-4-9)20-8-12-17-13(15)11-7-16-19(2)14(11)18-12/h3-7H,8H2,1-2H3,(H2,15,17,18). The Balaban J connectivity index is 1.83. The number of hydrogen-bond acceptors (Lipinski definition) is 5. The zero-order valence-corrected chi connectivity index (χ0v) is 11.4. The molecule has 0 spiro atoms. The molecule has 2 heterocycles. The number of nitrogens with zero attached hydrogens (tertiary/aromatic N) is 4. The summed E-state index contributed by atoms with van der Waals surface area (Å²) in [6.45, 7) is 2.30. The molecule has 0 aliphatic carbocycles. The molecule has 0 aliphatic heterocycles. The van der Waals surface area contributed by atoms with Gasteiger partial charge in [0, 0.05) is 7.05 Å². The molecule has 0 fully saturated rings. The van der Waals surface area contributed by atoms with E-state index >= 15 is 0 Å². The van der Waals surface area contributed by atoms with Crippen molar-refractivity contribution in [2.45, 2.75) is 13.5 Å². The molecule has 0 aliphatic rings. The van der Waals surface area contributed by atoms with Crippen molar-refractivity contribution >= 4 is 16.9 Å². The maximum atomic E-state index is 5.90. The van der Waals surface area contributed by atoms with Crippen LogP contribution in [-0.4, -0.2) is 19.7 Å². The van der Waals surface area contributed by atoms with Gasteiger partial charge in [0.05, 0.1) is 11.6 Å². The normalized spacial score (nSPS) is 10.9. The minimum atomic E-state index is 0.272. The van der Waals surface area contributed by atoms with Gasteiger partial charge in [-0.2, -0.15) is 5.10 Å². The molecule has 2 N–H and O–H groups in total. The van der Waals surface area contributed by atoms with E-state index in [1.54, 1.807) is 10.9 Å². The number of ether oxygens (including phenoxy) is 1. The molecule has 6 heteroatoms. The van der Waals surface area contributed by atoms with Crippen LogP contribution in [0.4, 0.5) is 5.82 Å². The van der Waals surface area contributed by atoms with Crippen LogP contribution in [0.3, 0.4) is 0 Å². The molecule has 3 rings (SSSR count). The Labute approximate surface area is 116 Å². The third kappa shape index (κ3) is 2.27. The molecule has 0 radical (unpaired) electrons. The van der Waals surface area contributed by atoms with Gasteiger partial charge in [0.15, 0.2) is 11.5 Å². The van der Waals surface area contributed by atoms with E-state index in [1.807, 2.05) is 38.2 Å². The molecule has 0 saturated heterocycles. The van der Waals surface area contributed by atoms with Gasteiger partial charge in [-0.15, -0.1) is 0 Å². The van der Waals surface area contributed by atoms with E-state index in [-0.39, 0.29) is 6.61 Å². The van der Waals surface area contributed by atoms with Crippen LogP contribution in [0.25, 0.3) is 11.0 Å². The molecule has 0 bridgehead atoms. The smallest absolute Gasteiger partial charge is 0.170 e. The van der Waals surface area contributed by atoms with Crippen LogP contribution < -0.4 is 10.5 Å². The van der Waals surface area contributed by atoms with Gasteiger partial charge >= 0.3 is 0 Å². The van der Waals surface area contributed by atoms with Crippen LogP contribution >= 0.6 is 0 Å². The van der Waals surface area contributed by atoms with E-state index in [4.69, 9.17) is 10.5 Å². The van der Waals surface area contributed by atoms with Crippen molar-refractivity contribution in [3.05, 3.63) is 41.9 Å². The highest BCUT2D eigenvalue weighted by atomic mass is 16.5. The highest BCUT2D eigenvalue weighted by molar-refractivity contribution is 5.84. The Morgan fingerprint density at radius 3 is 2.70 bits per heavy atom. The maximum Gasteiger partial charge on any atom is 0.170 e. The average Bonchev–Trinajstić information content (AvgIpc) is 2.81. The van der Waals surface area contributed by atoms with Crippen molar-refractivity contribution in [2.75, 3.05) is 5.73 Å². The van der Waals surface area contributed by atoms with Gasteiger partial charge in [0.25, 0.3) is 0 Å². The summed E-state index contributed by atoms with van der Waals surface area (Å²) in [4.78, 5) is 8.65. The predicted octanol–water partition coefficient (Wildman–Crippen LogP) is 1.83. The molecule has 0 unspecified atom stereocenters. The van der Waals surface area contributed by atoms with Gasteiger partial charge in [-0.1, -0.05) is 17.7 Å². The summed E-state index contributed by atoms with van der Waals surface area (Å²) in [6.07, 6.45) is 1.66. The van der Waals surface area contributed by atoms with E-state index in [9.17, 15) is 0 Å². The second kappa shape index (κ2) is 4.80. The van der Waals surface area contributed by atoms with Gasteiger partial charge in [-0.25, -0.2) is 9.97 Å². The summed E-state index contributed by atoms with van der Waals surface area (Å²) in [5.74, 6) is 1.74. The largest absolute Gasteiger partial charge is 0.486 e. The quantitative estimate of drug-likeness (QED) is 0.784. The minimum absolute atomic E-state index is 0.272. The molecule has 0 saturated carbocycles. The fraction of sp³-hybridized carbons (Fsp3) is 0.214. The molecule has 102 valence electrons. The molecule has 6 nitrogen and oxygen atoms in total. The Kier molecular flexibility index (Phi) is 2.98. The zero-order valence-electron chi connectivity index (χ0n) is 11.4. The molecule has 20 heavy (non-hydrogen) atoms. The van der Waals surface area contributed by atoms with Crippen LogP contribution in [0, 0.1) is 6.92 Å². The number of hydrogen-bond donors (Lipinski definition) is 1. The summed E-state index contributed by atoms with van der Waals surface area (Å²) < 4.78 is 7.33. The Bertz CT molecular complexity index is 748. The molecular weight excluding hydrogens is 254 g/mol. The Morgan fingerprint density at radius 1 is 1.20 bits per heavy atom. The van der Waals surface area contributed by atoms with Gasteiger partial charge < -0.3 is 10.5 Å². The molecule has 0 atom stereocenters. The van der Waals surface area contributed by atoms with E-state index in [1.165, 1.54) is 5.56 Å². The van der Waals surface area contributed by atoms with Crippen molar-refractivity contribution in [1.82, 2.24) is 19.7 Å². The van der Waals surface area contributed by atoms with Gasteiger partial charge in [0.1, 0.15) is 18.2 Å². The van der Waals surface area contributed by atoms with E-state index in [0.717, 1.165) is 11.1 Å². The zero-order chi connectivity index (χ0) is 14.1. The van der Waals surface area contributed by atoms with Crippen molar-refractivity contribution in [2.24, 2.45) is 7.05 Å². The van der Waals surface area contributed by atoms with E-state index in [0.29, 0.717) is 17.3 Å². The van der Waals surface area contributed by atoms with Crippen molar-refractivity contribution in [3.8, 4) is 5.75 Å². The molecule has 0 amide bonds. The fourth-order valence-electron chi connectivity index (χ4n) is 1.94. The SMILES string of the molecule is Cc1ccc(OCc2nc(N)c3cnn(C)c3n2)cc1. The van der Waals surface area contributed by atoms with Crippen LogP contribution in [-0.2, 0) is 13.7 Å². The van der Waals surface area contributed by atoms with Gasteiger partial charge in [-0.3, -0.25) is 4.68 Å². The second-order valence-corrected chi connectivity index (χ2v) is 4.63. The fourth-order valence-corrected chi connectivity index (χ4v) is 1.94. The van der Waals surface area contributed by atoms with Crippen LogP contribution in [0.5, 0.6) is 5.75 Å². The third-order valence-electron chi connectivity index (χ3n) is 3.06. The summed E-state index contributed by atoms with van der Waals surface area (Å²) in [5.41, 5.74) is 7.80. The van der Waals surface area contributed by atoms with Gasteiger partial charge in [-0.05, 0) is 19.1 Å². The Hall–Kier alpha value is -2.63. The van der Waals surface area contributed by atoms with Crippen molar-refractivity contribution in [3.63, 3.8) is 0 Å². The highest BCUT2D eigenvalue weighted by Crippen LogP contribution is 2.18. The Morgan fingerprint density at radius 2 is 1.95 bits per heavy atom. The first-order chi connectivity index (χ1) is 9.63. The van der Waals surface area contributed by atoms with Crippen LogP contribution in [0.2, 0.25) is 0 Å². The number of fused-ring (bicyclic) bond motifs is 1. The lowest BCUT2D eigenvalue weighted by atomic mass is 10.2. The molecular formula is C14H15N5O. The molecule has 1 aromatic carbocycles. The highest BCUT2D eigenvalue weighted by Gasteiger charge is 2.09. The number of nitrogens with two attached hydrogens (primary N) is 1. The average molecular weight is 269 g/mol. The van der Waals surface area contributed by atoms with Crippen LogP contribution in [0.1, 0.15) is 11.4 Å². The lowest BCUT2D eigenvalue weighted by Crippen LogP contribution is -2.06.